The summed E-state index contributed by atoms with van der Waals surface area (Å²) in [6.45, 7) is 6.68. The molecule has 8 heteroatoms. The van der Waals surface area contributed by atoms with E-state index in [1.54, 1.807) is 7.11 Å². The molecule has 0 atom stereocenters. The van der Waals surface area contributed by atoms with E-state index in [2.05, 4.69) is 75.4 Å². The number of methoxy groups -OCH3 is 1. The van der Waals surface area contributed by atoms with Crippen LogP contribution >= 0.6 is 0 Å². The van der Waals surface area contributed by atoms with Gasteiger partial charge in [-0.2, -0.15) is 0 Å². The second-order valence-corrected chi connectivity index (χ2v) is 11.6. The fraction of sp³-hybridized carbons (Fsp3) is 0.389. The molecule has 2 fully saturated rings. The summed E-state index contributed by atoms with van der Waals surface area (Å²) in [5.41, 5.74) is 4.91. The molecule has 6 rings (SSSR count). The molecule has 4 aromatic rings. The molecule has 230 valence electrons. The number of likely N-dealkylation sites (tertiary alicyclic amines) is 1. The number of fused-ring (bicyclic) bond motifs is 1. The Morgan fingerprint density at radius 1 is 0.909 bits per heavy atom. The van der Waals surface area contributed by atoms with Gasteiger partial charge in [0.25, 0.3) is 5.91 Å². The van der Waals surface area contributed by atoms with E-state index < -0.39 is 0 Å². The molecular formula is C36H42N4O4. The van der Waals surface area contributed by atoms with Gasteiger partial charge < -0.3 is 24.3 Å². The van der Waals surface area contributed by atoms with Crippen LogP contribution in [0.25, 0.3) is 10.9 Å². The quantitative estimate of drug-likeness (QED) is 0.236. The molecule has 3 heterocycles. The molecule has 2 aliphatic rings. The summed E-state index contributed by atoms with van der Waals surface area (Å²) in [6.07, 6.45) is 2.26. The van der Waals surface area contributed by atoms with Crippen molar-refractivity contribution in [2.75, 3.05) is 59.6 Å². The molecule has 44 heavy (non-hydrogen) atoms. The van der Waals surface area contributed by atoms with Crippen molar-refractivity contribution in [3.63, 3.8) is 0 Å². The number of aromatic nitrogens is 1. The van der Waals surface area contributed by atoms with Crippen molar-refractivity contribution in [2.24, 2.45) is 0 Å². The number of nitrogens with zero attached hydrogens (tertiary/aromatic N) is 3. The first-order valence-corrected chi connectivity index (χ1v) is 15.8. The fourth-order valence-corrected chi connectivity index (χ4v) is 6.63. The van der Waals surface area contributed by atoms with Gasteiger partial charge in [-0.1, -0.05) is 60.7 Å². The molecule has 0 bridgehead atoms. The zero-order chi connectivity index (χ0) is 30.3. The summed E-state index contributed by atoms with van der Waals surface area (Å²) in [6, 6.07) is 27.0. The minimum absolute atomic E-state index is 0.0956. The molecule has 0 radical (unpaired) electrons. The average molecular weight is 595 g/mol. The average Bonchev–Trinajstić information content (AvgIpc) is 3.63. The van der Waals surface area contributed by atoms with Gasteiger partial charge in [0, 0.05) is 74.6 Å². The van der Waals surface area contributed by atoms with Gasteiger partial charge in [0.05, 0.1) is 20.3 Å². The van der Waals surface area contributed by atoms with Gasteiger partial charge >= 0.3 is 0 Å². The van der Waals surface area contributed by atoms with Crippen LogP contribution in [0.5, 0.6) is 5.75 Å². The van der Waals surface area contributed by atoms with Crippen LogP contribution in [-0.2, 0) is 16.1 Å². The maximum absolute atomic E-state index is 14.4. The summed E-state index contributed by atoms with van der Waals surface area (Å²) in [5, 5.41) is 4.25. The third kappa shape index (κ3) is 6.51. The SMILES string of the molecule is COc1ccc2c(c1)c(C(c1ccccc1)c1ccccc1)c(C(=O)NCCCN1CCCC1=O)n2CCN1CCOCC1. The standard InChI is InChI=1S/C36H42N4O4/c1-43-29-15-16-31-30(26-29)34(33(27-10-4-2-5-11-27)28-12-6-3-7-13-28)35(40(31)21-20-38-22-24-44-25-23-38)36(42)37-17-9-19-39-18-8-14-32(39)41/h2-7,10-13,15-16,26,33H,8-9,14,17-25H2,1H3,(H,37,42). The maximum atomic E-state index is 14.4. The lowest BCUT2D eigenvalue weighted by atomic mass is 9.83. The van der Waals surface area contributed by atoms with Crippen LogP contribution in [-0.4, -0.2) is 85.8 Å². The molecule has 0 saturated carbocycles. The van der Waals surface area contributed by atoms with E-state index in [0.29, 0.717) is 31.7 Å². The highest BCUT2D eigenvalue weighted by atomic mass is 16.5. The van der Waals surface area contributed by atoms with Crippen molar-refractivity contribution in [1.82, 2.24) is 19.7 Å². The van der Waals surface area contributed by atoms with Crippen molar-refractivity contribution in [3.8, 4) is 5.75 Å². The Bertz CT molecular complexity index is 1520. The monoisotopic (exact) mass is 594 g/mol. The molecule has 8 nitrogen and oxygen atoms in total. The molecular weight excluding hydrogens is 552 g/mol. The number of benzene rings is 3. The lowest BCUT2D eigenvalue weighted by Gasteiger charge is -2.27. The van der Waals surface area contributed by atoms with E-state index >= 15 is 0 Å². The molecule has 1 N–H and O–H groups in total. The number of nitrogens with one attached hydrogen (secondary N) is 1. The van der Waals surface area contributed by atoms with Gasteiger partial charge in [-0.15, -0.1) is 0 Å². The van der Waals surface area contributed by atoms with E-state index in [1.165, 1.54) is 0 Å². The number of hydrogen-bond acceptors (Lipinski definition) is 5. The topological polar surface area (TPSA) is 76.0 Å². The van der Waals surface area contributed by atoms with Gasteiger partial charge in [0.2, 0.25) is 5.91 Å². The molecule has 0 unspecified atom stereocenters. The van der Waals surface area contributed by atoms with Gasteiger partial charge in [-0.05, 0) is 42.2 Å². The molecule has 0 spiro atoms. The first-order valence-electron chi connectivity index (χ1n) is 15.8. The predicted octanol–water partition coefficient (Wildman–Crippen LogP) is 4.90. The molecule has 2 saturated heterocycles. The van der Waals surface area contributed by atoms with Gasteiger partial charge in [-0.25, -0.2) is 0 Å². The second-order valence-electron chi connectivity index (χ2n) is 11.6. The third-order valence-electron chi connectivity index (χ3n) is 8.88. The Morgan fingerprint density at radius 3 is 2.25 bits per heavy atom. The molecule has 0 aliphatic carbocycles. The van der Waals surface area contributed by atoms with Crippen molar-refractivity contribution in [3.05, 3.63) is 101 Å². The Kier molecular flexibility index (Phi) is 9.58. The first kappa shape index (κ1) is 29.9. The van der Waals surface area contributed by atoms with Gasteiger partial charge in [-0.3, -0.25) is 14.5 Å². The number of carbonyl (C=O) groups excluding carboxylic acids is 2. The smallest absolute Gasteiger partial charge is 0.268 e. The molecule has 2 amide bonds. The van der Waals surface area contributed by atoms with Crippen LogP contribution in [0.4, 0.5) is 0 Å². The summed E-state index contributed by atoms with van der Waals surface area (Å²) in [7, 11) is 1.68. The predicted molar refractivity (Wildman–Crippen MR) is 172 cm³/mol. The fourth-order valence-electron chi connectivity index (χ4n) is 6.63. The van der Waals surface area contributed by atoms with Crippen LogP contribution in [0.1, 0.15) is 52.4 Å². The lowest BCUT2D eigenvalue weighted by Crippen LogP contribution is -2.38. The number of amides is 2. The van der Waals surface area contributed by atoms with Crippen molar-refractivity contribution in [2.45, 2.75) is 31.7 Å². The number of morpholine rings is 1. The summed E-state index contributed by atoms with van der Waals surface area (Å²) in [5.74, 6) is 0.705. The Balaban J connectivity index is 1.44. The molecule has 2 aliphatic heterocycles. The number of hydrogen-bond donors (Lipinski definition) is 1. The van der Waals surface area contributed by atoms with E-state index in [9.17, 15) is 9.59 Å². The Morgan fingerprint density at radius 2 is 1.61 bits per heavy atom. The highest BCUT2D eigenvalue weighted by molar-refractivity contribution is 6.03. The first-order chi connectivity index (χ1) is 21.6. The minimum Gasteiger partial charge on any atom is -0.497 e. The maximum Gasteiger partial charge on any atom is 0.268 e. The largest absolute Gasteiger partial charge is 0.497 e. The second kappa shape index (κ2) is 14.1. The number of ether oxygens (including phenoxy) is 2. The van der Waals surface area contributed by atoms with E-state index in [0.717, 1.165) is 85.6 Å². The normalized spacial score (nSPS) is 15.8. The highest BCUT2D eigenvalue weighted by Gasteiger charge is 2.31. The highest BCUT2D eigenvalue weighted by Crippen LogP contribution is 2.41. The summed E-state index contributed by atoms with van der Waals surface area (Å²) >= 11 is 0. The zero-order valence-electron chi connectivity index (χ0n) is 25.5. The van der Waals surface area contributed by atoms with Crippen LogP contribution in [0.2, 0.25) is 0 Å². The molecule has 1 aromatic heterocycles. The number of carbonyl (C=O) groups is 2. The van der Waals surface area contributed by atoms with Gasteiger partial charge in [0.15, 0.2) is 0 Å². The van der Waals surface area contributed by atoms with E-state index in [-0.39, 0.29) is 17.7 Å². The summed E-state index contributed by atoms with van der Waals surface area (Å²) < 4.78 is 13.5. The van der Waals surface area contributed by atoms with Crippen LogP contribution in [0.3, 0.4) is 0 Å². The Hall–Kier alpha value is -4.14. The van der Waals surface area contributed by atoms with E-state index in [1.807, 2.05) is 23.1 Å². The Labute approximate surface area is 259 Å². The van der Waals surface area contributed by atoms with Crippen LogP contribution in [0.15, 0.2) is 78.9 Å². The number of rotatable bonds is 12. The zero-order valence-corrected chi connectivity index (χ0v) is 25.5. The molecule has 3 aromatic carbocycles. The van der Waals surface area contributed by atoms with Crippen molar-refractivity contribution in [1.29, 1.82) is 0 Å². The lowest BCUT2D eigenvalue weighted by molar-refractivity contribution is -0.127. The minimum atomic E-state index is -0.167. The van der Waals surface area contributed by atoms with Crippen LogP contribution < -0.4 is 10.1 Å². The summed E-state index contributed by atoms with van der Waals surface area (Å²) in [4.78, 5) is 30.8. The van der Waals surface area contributed by atoms with Crippen molar-refractivity contribution >= 4 is 22.7 Å². The van der Waals surface area contributed by atoms with Crippen molar-refractivity contribution < 1.29 is 19.1 Å². The van der Waals surface area contributed by atoms with E-state index in [4.69, 9.17) is 9.47 Å². The third-order valence-corrected chi connectivity index (χ3v) is 8.88. The van der Waals surface area contributed by atoms with Gasteiger partial charge in [0.1, 0.15) is 11.4 Å². The van der Waals surface area contributed by atoms with Crippen LogP contribution in [0, 0.1) is 0 Å².